The van der Waals surface area contributed by atoms with E-state index in [-0.39, 0.29) is 17.0 Å². The number of hydrogen-bond donors (Lipinski definition) is 2. The van der Waals surface area contributed by atoms with Crippen LogP contribution in [0.25, 0.3) is 22.0 Å². The average molecular weight is 386 g/mol. The fraction of sp³-hybridized carbons (Fsp3) is 0.190. The molecule has 1 saturated carbocycles. The second-order valence-electron chi connectivity index (χ2n) is 7.36. The van der Waals surface area contributed by atoms with Gasteiger partial charge in [0.05, 0.1) is 29.1 Å². The van der Waals surface area contributed by atoms with Crippen molar-refractivity contribution in [3.8, 4) is 11.1 Å². The number of nitrogens with one attached hydrogen (secondary N) is 2. The van der Waals surface area contributed by atoms with Crippen LogP contribution < -0.4 is 10.9 Å². The van der Waals surface area contributed by atoms with Crippen molar-refractivity contribution in [2.75, 3.05) is 0 Å². The van der Waals surface area contributed by atoms with Gasteiger partial charge >= 0.3 is 0 Å². The van der Waals surface area contributed by atoms with E-state index in [9.17, 15) is 9.59 Å². The van der Waals surface area contributed by atoms with Crippen LogP contribution in [0.3, 0.4) is 0 Å². The van der Waals surface area contributed by atoms with Gasteiger partial charge in [0.25, 0.3) is 11.5 Å². The minimum absolute atomic E-state index is 0.0949. The van der Waals surface area contributed by atoms with Gasteiger partial charge in [-0.2, -0.15) is 5.10 Å². The number of aryl methyl sites for hydroxylation is 1. The van der Waals surface area contributed by atoms with E-state index in [0.717, 1.165) is 34.9 Å². The molecule has 4 aromatic rings. The third-order valence-electron chi connectivity index (χ3n) is 5.40. The highest BCUT2D eigenvalue weighted by atomic mass is 16.2. The van der Waals surface area contributed by atoms with Gasteiger partial charge in [0.2, 0.25) is 0 Å². The highest BCUT2D eigenvalue weighted by Gasteiger charge is 2.45. The molecule has 5 rings (SSSR count). The van der Waals surface area contributed by atoms with Crippen molar-refractivity contribution in [3.63, 3.8) is 0 Å². The molecule has 1 fully saturated rings. The number of hydrogen-bond acceptors (Lipinski definition) is 5. The van der Waals surface area contributed by atoms with Gasteiger partial charge in [0, 0.05) is 24.8 Å². The molecule has 1 aliphatic rings. The number of carbonyl (C=O) groups excluding carboxylic acids is 1. The predicted molar refractivity (Wildman–Crippen MR) is 107 cm³/mol. The van der Waals surface area contributed by atoms with Crippen LogP contribution in [0, 0.1) is 0 Å². The quantitative estimate of drug-likeness (QED) is 0.559. The van der Waals surface area contributed by atoms with Crippen LogP contribution in [-0.2, 0) is 12.6 Å². The molecule has 0 radical (unpaired) electrons. The second-order valence-corrected chi connectivity index (χ2v) is 7.36. The number of rotatable bonds is 4. The van der Waals surface area contributed by atoms with E-state index in [1.165, 1.54) is 10.9 Å². The van der Waals surface area contributed by atoms with E-state index in [1.54, 1.807) is 31.7 Å². The molecule has 8 nitrogen and oxygen atoms in total. The van der Waals surface area contributed by atoms with Crippen molar-refractivity contribution in [2.24, 2.45) is 7.05 Å². The molecule has 144 valence electrons. The van der Waals surface area contributed by atoms with Crippen molar-refractivity contribution in [3.05, 3.63) is 76.9 Å². The van der Waals surface area contributed by atoms with Crippen LogP contribution in [0.15, 0.2) is 60.0 Å². The third-order valence-corrected chi connectivity index (χ3v) is 5.40. The Morgan fingerprint density at radius 1 is 1.17 bits per heavy atom. The lowest BCUT2D eigenvalue weighted by Gasteiger charge is -2.18. The number of aromatic nitrogens is 5. The second kappa shape index (κ2) is 6.37. The van der Waals surface area contributed by atoms with Crippen molar-refractivity contribution in [1.29, 1.82) is 0 Å². The van der Waals surface area contributed by atoms with E-state index < -0.39 is 0 Å². The summed E-state index contributed by atoms with van der Waals surface area (Å²) in [4.78, 5) is 33.4. The number of carbonyl (C=O) groups is 1. The lowest BCUT2D eigenvalue weighted by Crippen LogP contribution is -2.35. The van der Waals surface area contributed by atoms with Gasteiger partial charge in [-0.3, -0.25) is 19.7 Å². The van der Waals surface area contributed by atoms with E-state index in [2.05, 4.69) is 25.5 Å². The predicted octanol–water partition coefficient (Wildman–Crippen LogP) is 2.14. The molecule has 0 atom stereocenters. The molecule has 0 spiro atoms. The van der Waals surface area contributed by atoms with E-state index >= 15 is 0 Å². The summed E-state index contributed by atoms with van der Waals surface area (Å²) in [5.74, 6) is -0.218. The highest BCUT2D eigenvalue weighted by molar-refractivity contribution is 5.96. The first-order valence-electron chi connectivity index (χ1n) is 9.29. The molecule has 0 unspecified atom stereocenters. The average Bonchev–Trinajstić information content (AvgIpc) is 3.36. The fourth-order valence-corrected chi connectivity index (χ4v) is 3.53. The molecular weight excluding hydrogens is 368 g/mol. The smallest absolute Gasteiger partial charge is 0.270 e. The Balaban J connectivity index is 1.39. The number of amides is 1. The van der Waals surface area contributed by atoms with Crippen LogP contribution in [0.1, 0.15) is 28.9 Å². The zero-order chi connectivity index (χ0) is 20.0. The summed E-state index contributed by atoms with van der Waals surface area (Å²) in [6, 6.07) is 9.42. The van der Waals surface area contributed by atoms with Gasteiger partial charge in [-0.05, 0) is 30.0 Å². The standard InChI is InChI=1S/C21H18N6O2/c1-27-12-22-11-16(20(27)29)13-2-4-15(5-3-13)21(6-7-21)25-19(28)18-8-17-14(9-23-18)10-24-26-17/h2-5,8-12H,6-7H2,1H3,(H,24,26)(H,25,28). The summed E-state index contributed by atoms with van der Waals surface area (Å²) in [6.45, 7) is 0. The normalized spacial score (nSPS) is 14.7. The van der Waals surface area contributed by atoms with Gasteiger partial charge in [-0.15, -0.1) is 0 Å². The molecule has 0 aliphatic heterocycles. The van der Waals surface area contributed by atoms with Crippen LogP contribution in [0.5, 0.6) is 0 Å². The maximum Gasteiger partial charge on any atom is 0.270 e. The zero-order valence-electron chi connectivity index (χ0n) is 15.7. The third kappa shape index (κ3) is 2.98. The molecular formula is C21H18N6O2. The minimum Gasteiger partial charge on any atom is -0.341 e. The van der Waals surface area contributed by atoms with Gasteiger partial charge < -0.3 is 9.88 Å². The van der Waals surface area contributed by atoms with Crippen LogP contribution in [-0.4, -0.2) is 30.6 Å². The molecule has 3 heterocycles. The summed E-state index contributed by atoms with van der Waals surface area (Å²) in [7, 11) is 1.68. The molecule has 8 heteroatoms. The highest BCUT2D eigenvalue weighted by Crippen LogP contribution is 2.46. The number of nitrogens with zero attached hydrogens (tertiary/aromatic N) is 4. The summed E-state index contributed by atoms with van der Waals surface area (Å²) in [5.41, 5.74) is 3.00. The Hall–Kier alpha value is -3.81. The molecule has 1 aromatic carbocycles. The Bertz CT molecular complexity index is 1280. The number of benzene rings is 1. The Labute approximate surface area is 165 Å². The largest absolute Gasteiger partial charge is 0.341 e. The van der Waals surface area contributed by atoms with Crippen molar-refractivity contribution in [1.82, 2.24) is 30.0 Å². The zero-order valence-corrected chi connectivity index (χ0v) is 15.7. The van der Waals surface area contributed by atoms with Crippen LogP contribution in [0.4, 0.5) is 0 Å². The summed E-state index contributed by atoms with van der Waals surface area (Å²) in [5, 5.41) is 10.8. The minimum atomic E-state index is -0.389. The van der Waals surface area contributed by atoms with E-state index in [0.29, 0.717) is 11.3 Å². The number of pyridine rings is 1. The van der Waals surface area contributed by atoms with Crippen molar-refractivity contribution in [2.45, 2.75) is 18.4 Å². The molecule has 0 saturated heterocycles. The lowest BCUT2D eigenvalue weighted by molar-refractivity contribution is 0.0926. The van der Waals surface area contributed by atoms with E-state index in [1.807, 2.05) is 24.3 Å². The van der Waals surface area contributed by atoms with Crippen LogP contribution in [0.2, 0.25) is 0 Å². The topological polar surface area (TPSA) is 106 Å². The maximum absolute atomic E-state index is 12.7. The van der Waals surface area contributed by atoms with Crippen molar-refractivity contribution < 1.29 is 4.79 Å². The first-order chi connectivity index (χ1) is 14.1. The Morgan fingerprint density at radius 3 is 2.72 bits per heavy atom. The first kappa shape index (κ1) is 17.3. The van der Waals surface area contributed by atoms with Gasteiger partial charge in [0.1, 0.15) is 5.69 Å². The van der Waals surface area contributed by atoms with Crippen LogP contribution >= 0.6 is 0 Å². The number of H-pyrrole nitrogens is 1. The van der Waals surface area contributed by atoms with Gasteiger partial charge in [0.15, 0.2) is 0 Å². The monoisotopic (exact) mass is 386 g/mol. The van der Waals surface area contributed by atoms with Gasteiger partial charge in [-0.25, -0.2) is 4.98 Å². The number of aromatic amines is 1. The Morgan fingerprint density at radius 2 is 1.97 bits per heavy atom. The fourth-order valence-electron chi connectivity index (χ4n) is 3.53. The lowest BCUT2D eigenvalue weighted by atomic mass is 10.0. The molecule has 1 aliphatic carbocycles. The summed E-state index contributed by atoms with van der Waals surface area (Å²) < 4.78 is 1.45. The summed E-state index contributed by atoms with van der Waals surface area (Å²) in [6.07, 6.45) is 8.09. The first-order valence-corrected chi connectivity index (χ1v) is 9.29. The molecule has 29 heavy (non-hydrogen) atoms. The van der Waals surface area contributed by atoms with Crippen molar-refractivity contribution >= 4 is 16.8 Å². The molecule has 2 N–H and O–H groups in total. The summed E-state index contributed by atoms with van der Waals surface area (Å²) >= 11 is 0. The van der Waals surface area contributed by atoms with Gasteiger partial charge in [-0.1, -0.05) is 24.3 Å². The SMILES string of the molecule is Cn1cncc(-c2ccc(C3(NC(=O)c4cc5[nH]ncc5cn4)CC3)cc2)c1=O. The molecule has 0 bridgehead atoms. The maximum atomic E-state index is 12.7. The number of fused-ring (bicyclic) bond motifs is 1. The Kier molecular flexibility index (Phi) is 3.80. The van der Waals surface area contributed by atoms with E-state index in [4.69, 9.17) is 0 Å². The molecule has 1 amide bonds. The molecule has 3 aromatic heterocycles.